The number of nitrogens with two attached hydrogens (primary N) is 1. The molecule has 60 heavy (non-hydrogen) atoms. The van der Waals surface area contributed by atoms with Crippen LogP contribution in [0.5, 0.6) is 11.5 Å². The number of aromatic nitrogens is 2. The molecule has 8 rings (SSSR count). The Morgan fingerprint density at radius 1 is 0.783 bits per heavy atom. The van der Waals surface area contributed by atoms with E-state index in [9.17, 15) is 19.2 Å². The molecule has 4 aromatic heterocycles. The average molecular weight is 944 g/mol. The molecule has 2 aliphatic heterocycles. The molecule has 6 heterocycles. The van der Waals surface area contributed by atoms with Crippen molar-refractivity contribution < 1.29 is 33.8 Å². The van der Waals surface area contributed by atoms with Crippen LogP contribution in [0.3, 0.4) is 0 Å². The minimum atomic E-state index is -0.949. The van der Waals surface area contributed by atoms with Gasteiger partial charge in [0, 0.05) is 75.6 Å². The predicted molar refractivity (Wildman–Crippen MR) is 245 cm³/mol. The van der Waals surface area contributed by atoms with Crippen LogP contribution >= 0.6 is 81.0 Å². The number of carboxylic acid groups (broad SMARTS) is 1. The monoisotopic (exact) mass is 942 g/mol. The van der Waals surface area contributed by atoms with Gasteiger partial charge in [0.1, 0.15) is 33.7 Å². The molecule has 0 saturated heterocycles. The first kappa shape index (κ1) is 46.4. The zero-order chi connectivity index (χ0) is 42.1. The highest BCUT2D eigenvalue weighted by molar-refractivity contribution is 7.17. The van der Waals surface area contributed by atoms with Crippen LogP contribution in [0, 0.1) is 0 Å². The van der Waals surface area contributed by atoms with Crippen LogP contribution in [-0.2, 0) is 22.4 Å². The number of carbonyl (C=O) groups excluding carboxylic acids is 3. The van der Waals surface area contributed by atoms with Crippen LogP contribution in [0.2, 0.25) is 10.0 Å². The number of nitrogens with zero attached hydrogens (tertiary/aromatic N) is 2. The number of rotatable bonds is 11. The first-order valence-electron chi connectivity index (χ1n) is 17.9. The molecular formula is C42H37Cl3N4O7S4. The molecule has 11 nitrogen and oxygen atoms in total. The Hall–Kier alpha value is -4.71. The SMILES string of the molecule is CC(=O)c1ccc(-c2cc(Cl)c3c(c2)CC(CN)O3)s1.CC(=O)c1ccc(-c2cc(Cl)c3c(c2)CC(CNC(=O)/C=C/c2nccs2)O3)s1.Cl.O=C(O)/C=C/c1nccs1. The second-order valence-electron chi connectivity index (χ2n) is 12.9. The number of hydrogen-bond donors (Lipinski definition) is 3. The topological polar surface area (TPSA) is 171 Å². The van der Waals surface area contributed by atoms with E-state index in [2.05, 4.69) is 21.4 Å². The number of benzene rings is 2. The maximum atomic E-state index is 12.0. The van der Waals surface area contributed by atoms with Crippen molar-refractivity contribution >= 4 is 117 Å². The van der Waals surface area contributed by atoms with Gasteiger partial charge in [-0.15, -0.1) is 57.8 Å². The number of nitrogens with one attached hydrogen (secondary N) is 1. The molecule has 4 N–H and O–H groups in total. The van der Waals surface area contributed by atoms with E-state index in [-0.39, 0.29) is 42.1 Å². The second kappa shape index (κ2) is 21.7. The maximum absolute atomic E-state index is 12.0. The lowest BCUT2D eigenvalue weighted by atomic mass is 10.1. The number of aliphatic carboxylic acids is 1. The maximum Gasteiger partial charge on any atom is 0.328 e. The van der Waals surface area contributed by atoms with Crippen LogP contribution < -0.4 is 20.5 Å². The third-order valence-electron chi connectivity index (χ3n) is 8.60. The molecule has 0 saturated carbocycles. The minimum absolute atomic E-state index is 0. The zero-order valence-corrected chi connectivity index (χ0v) is 37.5. The van der Waals surface area contributed by atoms with E-state index in [1.165, 1.54) is 57.5 Å². The van der Waals surface area contributed by atoms with Crippen LogP contribution in [-0.4, -0.2) is 63.8 Å². The molecule has 2 atom stereocenters. The van der Waals surface area contributed by atoms with Crippen LogP contribution in [0.4, 0.5) is 0 Å². The number of thiophene rings is 2. The first-order chi connectivity index (χ1) is 28.4. The molecule has 312 valence electrons. The van der Waals surface area contributed by atoms with Crippen LogP contribution in [0.15, 0.2) is 83.8 Å². The molecular weight excluding hydrogens is 907 g/mol. The lowest BCUT2D eigenvalue weighted by Gasteiger charge is -2.11. The van der Waals surface area contributed by atoms with Crippen molar-refractivity contribution in [3.8, 4) is 32.4 Å². The van der Waals surface area contributed by atoms with E-state index in [1.807, 2.05) is 47.8 Å². The van der Waals surface area contributed by atoms with Gasteiger partial charge in [-0.25, -0.2) is 14.8 Å². The van der Waals surface area contributed by atoms with Gasteiger partial charge in [-0.3, -0.25) is 14.4 Å². The summed E-state index contributed by atoms with van der Waals surface area (Å²) >= 11 is 18.5. The summed E-state index contributed by atoms with van der Waals surface area (Å²) in [5.74, 6) is 0.402. The first-order valence-corrected chi connectivity index (χ1v) is 22.1. The molecule has 1 amide bonds. The van der Waals surface area contributed by atoms with Gasteiger partial charge < -0.3 is 25.6 Å². The number of hydrogen-bond acceptors (Lipinski definition) is 13. The molecule has 2 unspecified atom stereocenters. The lowest BCUT2D eigenvalue weighted by Crippen LogP contribution is -2.33. The summed E-state index contributed by atoms with van der Waals surface area (Å²) in [6.45, 7) is 4.00. The Kier molecular flexibility index (Phi) is 16.8. The highest BCUT2D eigenvalue weighted by atomic mass is 35.5. The van der Waals surface area contributed by atoms with Gasteiger partial charge in [-0.05, 0) is 85.7 Å². The van der Waals surface area contributed by atoms with E-state index < -0.39 is 5.97 Å². The molecule has 0 radical (unpaired) electrons. The van der Waals surface area contributed by atoms with Gasteiger partial charge in [0.15, 0.2) is 11.6 Å². The molecule has 2 aromatic carbocycles. The number of carbonyl (C=O) groups is 4. The molecule has 0 aliphatic carbocycles. The summed E-state index contributed by atoms with van der Waals surface area (Å²) in [7, 11) is 0. The normalized spacial score (nSPS) is 14.8. The third kappa shape index (κ3) is 12.4. The third-order valence-corrected chi connectivity index (χ3v) is 13.1. The number of carboxylic acids is 1. The van der Waals surface area contributed by atoms with Gasteiger partial charge in [0.2, 0.25) is 5.91 Å². The summed E-state index contributed by atoms with van der Waals surface area (Å²) in [6.07, 6.45) is 10.3. The number of ketones is 2. The van der Waals surface area contributed by atoms with Gasteiger partial charge in [0.25, 0.3) is 0 Å². The number of amides is 1. The largest absolute Gasteiger partial charge is 0.487 e. The van der Waals surface area contributed by atoms with Gasteiger partial charge in [0.05, 0.1) is 26.3 Å². The van der Waals surface area contributed by atoms with Crippen molar-refractivity contribution in [2.24, 2.45) is 5.73 Å². The van der Waals surface area contributed by atoms with Gasteiger partial charge >= 0.3 is 5.97 Å². The lowest BCUT2D eigenvalue weighted by molar-refractivity contribution is -0.131. The van der Waals surface area contributed by atoms with Crippen LogP contribution in [0.25, 0.3) is 33.0 Å². The standard InChI is InChI=1S/C21H17ClN2O3S2.C15H14ClNO2S.C6H5NO2S.ClH/c1-12(25)17-2-3-18(29-17)13-8-14-9-15(27-21(14)16(22)10-13)11-24-19(26)4-5-20-23-6-7-28-20;1-8(18)13-2-3-14(20-13)9-4-10-5-11(7-17)19-15(10)12(16)6-9;8-6(9)2-1-5-7-3-4-10-5;/h2-8,10,15H,9,11H2,1H3,(H,24,26);2-4,6,11H,5,7,17H2,1H3;1-4H,(H,8,9);1H/b5-4+;;2-1+;. The van der Waals surface area contributed by atoms with Gasteiger partial charge in [-0.1, -0.05) is 23.2 Å². The minimum Gasteiger partial charge on any atom is -0.487 e. The second-order valence-corrected chi connectivity index (χ2v) is 17.8. The van der Waals surface area contributed by atoms with Crippen molar-refractivity contribution in [2.75, 3.05) is 13.1 Å². The quantitative estimate of drug-likeness (QED) is 0.0839. The van der Waals surface area contributed by atoms with E-state index in [0.29, 0.717) is 40.3 Å². The molecule has 0 fully saturated rings. The van der Waals surface area contributed by atoms with Crippen molar-refractivity contribution in [2.45, 2.75) is 38.9 Å². The summed E-state index contributed by atoms with van der Waals surface area (Å²) in [5.41, 5.74) is 9.72. The van der Waals surface area contributed by atoms with Crippen molar-refractivity contribution in [3.05, 3.63) is 125 Å². The smallest absolute Gasteiger partial charge is 0.328 e. The Balaban J connectivity index is 0.000000190. The Morgan fingerprint density at radius 2 is 1.27 bits per heavy atom. The van der Waals surface area contributed by atoms with Crippen molar-refractivity contribution in [1.82, 2.24) is 15.3 Å². The summed E-state index contributed by atoms with van der Waals surface area (Å²) in [4.78, 5) is 56.4. The Bertz CT molecular complexity index is 2520. The van der Waals surface area contributed by atoms with Crippen LogP contribution in [0.1, 0.15) is 54.3 Å². The molecule has 6 aromatic rings. The molecule has 0 bridgehead atoms. The summed E-state index contributed by atoms with van der Waals surface area (Å²) in [6, 6.07) is 15.4. The van der Waals surface area contributed by atoms with E-state index in [4.69, 9.17) is 43.5 Å². The van der Waals surface area contributed by atoms with Gasteiger partial charge in [-0.2, -0.15) is 0 Å². The van der Waals surface area contributed by atoms with E-state index >= 15 is 0 Å². The molecule has 0 spiro atoms. The highest BCUT2D eigenvalue weighted by Crippen LogP contribution is 2.42. The number of halogens is 3. The number of Topliss-reactive ketones (excluding diaryl/α,β-unsaturated/α-hetero) is 2. The fraction of sp³-hybridized carbons (Fsp3) is 0.190. The zero-order valence-electron chi connectivity index (χ0n) is 31.9. The summed E-state index contributed by atoms with van der Waals surface area (Å²) in [5, 5.41) is 17.3. The molecule has 2 aliphatic rings. The Labute approximate surface area is 377 Å². The number of fused-ring (bicyclic) bond motifs is 2. The predicted octanol–water partition coefficient (Wildman–Crippen LogP) is 10.1. The van der Waals surface area contributed by atoms with E-state index in [0.717, 1.165) is 65.0 Å². The highest BCUT2D eigenvalue weighted by Gasteiger charge is 2.27. The van der Waals surface area contributed by atoms with Crippen molar-refractivity contribution in [3.63, 3.8) is 0 Å². The number of ether oxygens (including phenoxy) is 2. The average Bonchev–Trinajstić information content (AvgIpc) is 4.07. The fourth-order valence-corrected chi connectivity index (χ4v) is 9.27. The van der Waals surface area contributed by atoms with E-state index in [1.54, 1.807) is 37.7 Å². The fourth-order valence-electron chi connectivity index (χ4n) is 5.87. The Morgan fingerprint density at radius 3 is 1.70 bits per heavy atom. The summed E-state index contributed by atoms with van der Waals surface area (Å²) < 4.78 is 11.7. The van der Waals surface area contributed by atoms with Crippen molar-refractivity contribution in [1.29, 1.82) is 0 Å². The molecule has 18 heteroatoms. The number of thiazole rings is 2.